The second-order valence-corrected chi connectivity index (χ2v) is 15.5. The topological polar surface area (TPSA) is 0 Å². The van der Waals surface area contributed by atoms with Crippen LogP contribution in [-0.4, -0.2) is 18.5 Å². The maximum Gasteiger partial charge on any atom is 0.416 e. The smallest absolute Gasteiger partial charge is 0.416 e. The van der Waals surface area contributed by atoms with E-state index >= 15 is 0 Å². The summed E-state index contributed by atoms with van der Waals surface area (Å²) >= 11 is 0. The van der Waals surface area contributed by atoms with E-state index in [1.165, 1.54) is 146 Å². The quantitative estimate of drug-likeness (QED) is 0.0857. The molecule has 0 atom stereocenters. The number of halogens is 4. The fraction of sp³-hybridized carbons (Fsp3) is 0.812. The lowest BCUT2D eigenvalue weighted by molar-refractivity contribution is -0.137. The van der Waals surface area contributed by atoms with Gasteiger partial charge in [-0.1, -0.05) is 110 Å². The lowest BCUT2D eigenvalue weighted by Crippen LogP contribution is -3.00. The molecule has 0 bridgehead atoms. The van der Waals surface area contributed by atoms with Crippen LogP contribution in [0, 0.1) is 0 Å². The van der Waals surface area contributed by atoms with Gasteiger partial charge >= 0.3 is 6.18 Å². The first-order chi connectivity index (χ1) is 17.4. The maximum atomic E-state index is 13.5. The summed E-state index contributed by atoms with van der Waals surface area (Å²) in [7, 11) is -1.32. The first-order valence-corrected chi connectivity index (χ1v) is 17.9. The van der Waals surface area contributed by atoms with Crippen molar-refractivity contribution in [3.63, 3.8) is 0 Å². The zero-order valence-electron chi connectivity index (χ0n) is 24.3. The van der Waals surface area contributed by atoms with Gasteiger partial charge in [0, 0.05) is 7.26 Å². The van der Waals surface area contributed by atoms with Crippen LogP contribution in [0.5, 0.6) is 0 Å². The SMILES string of the molecule is CCCCCCCC[P+](CCCCCCCC)(CCCCCCCC)Cc1cccc(C(F)(F)F)c1.[Br-]. The van der Waals surface area contributed by atoms with Gasteiger partial charge < -0.3 is 17.0 Å². The molecule has 1 rings (SSSR count). The van der Waals surface area contributed by atoms with Gasteiger partial charge in [0.2, 0.25) is 0 Å². The van der Waals surface area contributed by atoms with Crippen molar-refractivity contribution >= 4 is 7.26 Å². The summed E-state index contributed by atoms with van der Waals surface area (Å²) in [5.41, 5.74) is 0.456. The molecule has 0 nitrogen and oxygen atoms in total. The van der Waals surface area contributed by atoms with Gasteiger partial charge in [0.15, 0.2) is 0 Å². The first-order valence-electron chi connectivity index (χ1n) is 15.4. The minimum absolute atomic E-state index is 0. The van der Waals surface area contributed by atoms with Gasteiger partial charge in [-0.15, -0.1) is 0 Å². The molecule has 0 N–H and O–H groups in total. The van der Waals surface area contributed by atoms with E-state index in [9.17, 15) is 13.2 Å². The van der Waals surface area contributed by atoms with Gasteiger partial charge in [0.1, 0.15) is 0 Å². The van der Waals surface area contributed by atoms with Crippen LogP contribution in [0.1, 0.15) is 147 Å². The summed E-state index contributed by atoms with van der Waals surface area (Å²) in [4.78, 5) is 0. The molecule has 0 fully saturated rings. The third-order valence-electron chi connectivity index (χ3n) is 7.73. The van der Waals surface area contributed by atoms with Crippen molar-refractivity contribution in [1.82, 2.24) is 0 Å². The highest BCUT2D eigenvalue weighted by molar-refractivity contribution is 7.75. The van der Waals surface area contributed by atoms with Crippen LogP contribution in [0.3, 0.4) is 0 Å². The Hall–Kier alpha value is -0.0800. The molecule has 5 heteroatoms. The van der Waals surface area contributed by atoms with E-state index in [1.807, 2.05) is 6.07 Å². The molecule has 0 aliphatic carbocycles. The minimum Gasteiger partial charge on any atom is -1.00 e. The zero-order valence-corrected chi connectivity index (χ0v) is 26.8. The van der Waals surface area contributed by atoms with Crippen LogP contribution in [0.2, 0.25) is 0 Å². The highest BCUT2D eigenvalue weighted by Crippen LogP contribution is 2.63. The summed E-state index contributed by atoms with van der Waals surface area (Å²) < 4.78 is 40.4. The van der Waals surface area contributed by atoms with Crippen molar-refractivity contribution in [3.05, 3.63) is 35.4 Å². The normalized spacial score (nSPS) is 12.1. The van der Waals surface area contributed by atoms with Crippen molar-refractivity contribution in [1.29, 1.82) is 0 Å². The van der Waals surface area contributed by atoms with Crippen LogP contribution in [0.4, 0.5) is 13.2 Å². The van der Waals surface area contributed by atoms with Crippen LogP contribution in [-0.2, 0) is 12.3 Å². The van der Waals surface area contributed by atoms with E-state index in [4.69, 9.17) is 0 Å². The first kappa shape index (κ1) is 36.9. The van der Waals surface area contributed by atoms with Crippen LogP contribution < -0.4 is 17.0 Å². The summed E-state index contributed by atoms with van der Waals surface area (Å²) in [6.45, 7) is 6.77. The number of benzene rings is 1. The number of rotatable bonds is 23. The number of unbranched alkanes of at least 4 members (excludes halogenated alkanes) is 15. The Balaban J connectivity index is 0.0000130. The second kappa shape index (κ2) is 22.7. The largest absolute Gasteiger partial charge is 1.00 e. The Morgan fingerprint density at radius 3 is 1.32 bits per heavy atom. The molecular formula is C32H57BrF3P. The number of alkyl halides is 3. The van der Waals surface area contributed by atoms with Gasteiger partial charge in [-0.25, -0.2) is 0 Å². The van der Waals surface area contributed by atoms with Crippen LogP contribution in [0.15, 0.2) is 24.3 Å². The Labute approximate surface area is 239 Å². The van der Waals surface area contributed by atoms with E-state index in [-0.39, 0.29) is 17.0 Å². The lowest BCUT2D eigenvalue weighted by Gasteiger charge is -2.29. The molecule has 0 aromatic heterocycles. The standard InChI is InChI=1S/C32H57F3P.BrH/c1-4-7-10-13-16-19-25-36(26-20-17-14-11-8-5-2,27-21-18-15-12-9-6-3)29-30-23-22-24-31(28-30)32(33,34)35;/h22-24,28H,4-21,25-27,29H2,1-3H3;1H/q+1;/p-1. The van der Waals surface area contributed by atoms with Crippen molar-refractivity contribution < 1.29 is 30.2 Å². The average molecular weight is 610 g/mol. The Kier molecular flexibility index (Phi) is 22.7. The molecule has 37 heavy (non-hydrogen) atoms. The predicted octanol–water partition coefficient (Wildman–Crippen LogP) is 9.31. The molecule has 218 valence electrons. The third-order valence-corrected chi connectivity index (χ3v) is 12.6. The molecule has 0 saturated carbocycles. The van der Waals surface area contributed by atoms with Gasteiger partial charge in [0.25, 0.3) is 0 Å². The highest BCUT2D eigenvalue weighted by atomic mass is 79.9. The molecule has 0 unspecified atom stereocenters. The molecule has 0 aliphatic heterocycles. The highest BCUT2D eigenvalue weighted by Gasteiger charge is 2.37. The molecule has 0 saturated heterocycles. The van der Waals surface area contributed by atoms with E-state index in [0.717, 1.165) is 11.7 Å². The molecule has 1 aromatic rings. The molecular weight excluding hydrogens is 552 g/mol. The summed E-state index contributed by atoms with van der Waals surface area (Å²) in [5, 5.41) is 0. The van der Waals surface area contributed by atoms with Gasteiger partial charge in [-0.2, -0.15) is 13.2 Å². The maximum absolute atomic E-state index is 13.5. The molecule has 0 amide bonds. The Morgan fingerprint density at radius 2 is 0.946 bits per heavy atom. The summed E-state index contributed by atoms with van der Waals surface area (Å²) in [6, 6.07) is 6.29. The van der Waals surface area contributed by atoms with Crippen molar-refractivity contribution in [2.75, 3.05) is 18.5 Å². The molecule has 0 radical (unpaired) electrons. The van der Waals surface area contributed by atoms with Gasteiger partial charge in [-0.05, 0) is 56.2 Å². The van der Waals surface area contributed by atoms with E-state index in [2.05, 4.69) is 20.8 Å². The van der Waals surface area contributed by atoms with Crippen molar-refractivity contribution in [2.45, 2.75) is 149 Å². The van der Waals surface area contributed by atoms with Crippen molar-refractivity contribution in [3.8, 4) is 0 Å². The monoisotopic (exact) mass is 608 g/mol. The Bertz CT molecular complexity index is 606. The summed E-state index contributed by atoms with van der Waals surface area (Å²) in [5.74, 6) is 0. The zero-order chi connectivity index (χ0) is 26.5. The van der Waals surface area contributed by atoms with E-state index in [0.29, 0.717) is 0 Å². The van der Waals surface area contributed by atoms with Gasteiger partial charge in [0.05, 0.1) is 30.2 Å². The predicted molar refractivity (Wildman–Crippen MR) is 157 cm³/mol. The Morgan fingerprint density at radius 1 is 0.568 bits per heavy atom. The molecule has 0 spiro atoms. The molecule has 0 aliphatic rings. The third kappa shape index (κ3) is 18.0. The molecule has 0 heterocycles. The number of hydrogen-bond donors (Lipinski definition) is 0. The second-order valence-electron chi connectivity index (χ2n) is 11.2. The lowest BCUT2D eigenvalue weighted by atomic mass is 10.1. The van der Waals surface area contributed by atoms with Gasteiger partial charge in [-0.3, -0.25) is 0 Å². The average Bonchev–Trinajstić information content (AvgIpc) is 2.85. The fourth-order valence-corrected chi connectivity index (χ4v) is 10.3. The van der Waals surface area contributed by atoms with E-state index in [1.54, 1.807) is 6.07 Å². The van der Waals surface area contributed by atoms with Crippen LogP contribution in [0.25, 0.3) is 0 Å². The minimum atomic E-state index is -4.26. The number of hydrogen-bond acceptors (Lipinski definition) is 0. The van der Waals surface area contributed by atoms with E-state index < -0.39 is 19.0 Å². The summed E-state index contributed by atoms with van der Waals surface area (Å²) in [6.07, 6.45) is 23.8. The molecule has 1 aromatic carbocycles. The fourth-order valence-electron chi connectivity index (χ4n) is 5.49. The van der Waals surface area contributed by atoms with Crippen molar-refractivity contribution in [2.24, 2.45) is 0 Å². The van der Waals surface area contributed by atoms with Crippen LogP contribution >= 0.6 is 7.26 Å².